The first-order valence-electron chi connectivity index (χ1n) is 4.47. The normalized spacial score (nSPS) is 11.8. The second kappa shape index (κ2) is 5.65. The van der Waals surface area contributed by atoms with Gasteiger partial charge in [0, 0.05) is 0 Å². The van der Waals surface area contributed by atoms with Crippen LogP contribution in [0.4, 0.5) is 0 Å². The fraction of sp³-hybridized carbons (Fsp3) is 0.222. The number of thiophene rings is 1. The Bertz CT molecular complexity index is 460. The summed E-state index contributed by atoms with van der Waals surface area (Å²) >= 11 is 6.65. The highest BCUT2D eigenvalue weighted by molar-refractivity contribution is 7.18. The first kappa shape index (κ1) is 13.5. The van der Waals surface area contributed by atoms with Crippen LogP contribution in [0.15, 0.2) is 12.1 Å². The molecule has 1 aromatic heterocycles. The van der Waals surface area contributed by atoms with E-state index in [1.54, 1.807) is 0 Å². The molecule has 0 radical (unpaired) electrons. The van der Waals surface area contributed by atoms with E-state index in [9.17, 15) is 14.4 Å². The van der Waals surface area contributed by atoms with Crippen LogP contribution in [0.3, 0.4) is 0 Å². The van der Waals surface area contributed by atoms with Crippen molar-refractivity contribution in [1.82, 2.24) is 5.32 Å². The Labute approximate surface area is 105 Å². The molecule has 6 nitrogen and oxygen atoms in total. The van der Waals surface area contributed by atoms with E-state index in [4.69, 9.17) is 22.4 Å². The van der Waals surface area contributed by atoms with Crippen LogP contribution in [-0.2, 0) is 9.59 Å². The zero-order valence-electron chi connectivity index (χ0n) is 8.47. The lowest BCUT2D eigenvalue weighted by Crippen LogP contribution is -2.43. The van der Waals surface area contributed by atoms with E-state index in [1.165, 1.54) is 12.1 Å². The first-order chi connectivity index (χ1) is 7.90. The maximum Gasteiger partial charge on any atom is 0.326 e. The minimum absolute atomic E-state index is 0.269. The Hall–Kier alpha value is -1.60. The summed E-state index contributed by atoms with van der Waals surface area (Å²) in [4.78, 5) is 33.2. The monoisotopic (exact) mass is 276 g/mol. The summed E-state index contributed by atoms with van der Waals surface area (Å²) in [6.45, 7) is 0. The molecule has 0 bridgehead atoms. The molecule has 8 heteroatoms. The van der Waals surface area contributed by atoms with Crippen LogP contribution in [0.5, 0.6) is 0 Å². The standard InChI is InChI=1S/C9H9ClN2O4S/c10-6-2-1-5(17-6)8(14)12-4(9(15)16)3-7(11)13/h1-2,4H,3H2,(H2,11,13)(H,12,14)(H,15,16)/t4-/m1/s1. The topological polar surface area (TPSA) is 109 Å². The molecule has 0 spiro atoms. The number of carbonyl (C=O) groups is 3. The molecule has 0 aliphatic rings. The van der Waals surface area contributed by atoms with Gasteiger partial charge in [-0.15, -0.1) is 11.3 Å². The van der Waals surface area contributed by atoms with Gasteiger partial charge in [-0.1, -0.05) is 11.6 Å². The zero-order valence-corrected chi connectivity index (χ0v) is 10.0. The number of primary amides is 1. The fourth-order valence-electron chi connectivity index (χ4n) is 1.07. The van der Waals surface area contributed by atoms with E-state index in [0.29, 0.717) is 4.34 Å². The molecule has 0 aliphatic heterocycles. The SMILES string of the molecule is NC(=O)C[C@@H](NC(=O)c1ccc(Cl)s1)C(=O)O. The lowest BCUT2D eigenvalue weighted by Gasteiger charge is -2.11. The van der Waals surface area contributed by atoms with Crippen molar-refractivity contribution in [3.05, 3.63) is 21.3 Å². The molecule has 1 heterocycles. The quantitative estimate of drug-likeness (QED) is 0.726. The van der Waals surface area contributed by atoms with Crippen LogP contribution in [0, 0.1) is 0 Å². The van der Waals surface area contributed by atoms with Gasteiger partial charge in [0.15, 0.2) is 0 Å². The third kappa shape index (κ3) is 4.04. The molecule has 92 valence electrons. The Morgan fingerprint density at radius 2 is 2.12 bits per heavy atom. The van der Waals surface area contributed by atoms with Crippen molar-refractivity contribution in [2.45, 2.75) is 12.5 Å². The van der Waals surface area contributed by atoms with Gasteiger partial charge in [0.2, 0.25) is 5.91 Å². The highest BCUT2D eigenvalue weighted by atomic mass is 35.5. The number of nitrogens with two attached hydrogens (primary N) is 1. The van der Waals surface area contributed by atoms with Crippen molar-refractivity contribution in [3.63, 3.8) is 0 Å². The second-order valence-corrected chi connectivity index (χ2v) is 4.85. The van der Waals surface area contributed by atoms with E-state index >= 15 is 0 Å². The fourth-order valence-corrected chi connectivity index (χ4v) is 2.01. The molecule has 1 aromatic rings. The Morgan fingerprint density at radius 1 is 1.47 bits per heavy atom. The molecular formula is C9H9ClN2O4S. The van der Waals surface area contributed by atoms with Crippen LogP contribution in [-0.4, -0.2) is 28.9 Å². The van der Waals surface area contributed by atoms with Crippen LogP contribution >= 0.6 is 22.9 Å². The molecule has 0 aromatic carbocycles. The molecular weight excluding hydrogens is 268 g/mol. The lowest BCUT2D eigenvalue weighted by molar-refractivity contribution is -0.140. The van der Waals surface area contributed by atoms with E-state index < -0.39 is 30.2 Å². The van der Waals surface area contributed by atoms with Crippen molar-refractivity contribution >= 4 is 40.7 Å². The minimum Gasteiger partial charge on any atom is -0.480 e. The van der Waals surface area contributed by atoms with Crippen molar-refractivity contribution in [2.75, 3.05) is 0 Å². The Kier molecular flexibility index (Phi) is 4.47. The number of nitrogens with one attached hydrogen (secondary N) is 1. The number of carbonyl (C=O) groups excluding carboxylic acids is 2. The Morgan fingerprint density at radius 3 is 2.53 bits per heavy atom. The summed E-state index contributed by atoms with van der Waals surface area (Å²) in [5.74, 6) is -2.72. The molecule has 0 saturated carbocycles. The van der Waals surface area contributed by atoms with Crippen molar-refractivity contribution < 1.29 is 19.5 Å². The predicted molar refractivity (Wildman–Crippen MR) is 62.0 cm³/mol. The third-order valence-corrected chi connectivity index (χ3v) is 3.04. The minimum atomic E-state index is -1.33. The molecule has 1 rings (SSSR count). The summed E-state index contributed by atoms with van der Waals surface area (Å²) in [5, 5.41) is 11.0. The van der Waals surface area contributed by atoms with Gasteiger partial charge in [0.25, 0.3) is 5.91 Å². The summed E-state index contributed by atoms with van der Waals surface area (Å²) in [5.41, 5.74) is 4.88. The van der Waals surface area contributed by atoms with Crippen molar-refractivity contribution in [3.8, 4) is 0 Å². The number of halogens is 1. The predicted octanol–water partition coefficient (Wildman–Crippen LogP) is 0.460. The average molecular weight is 277 g/mol. The van der Waals surface area contributed by atoms with Crippen molar-refractivity contribution in [1.29, 1.82) is 0 Å². The molecule has 0 fully saturated rings. The smallest absolute Gasteiger partial charge is 0.326 e. The van der Waals surface area contributed by atoms with Gasteiger partial charge in [0.1, 0.15) is 6.04 Å². The maximum atomic E-state index is 11.6. The summed E-state index contributed by atoms with van der Waals surface area (Å²) < 4.78 is 0.414. The van der Waals surface area contributed by atoms with Gasteiger partial charge in [0.05, 0.1) is 15.6 Å². The van der Waals surface area contributed by atoms with Crippen molar-refractivity contribution in [2.24, 2.45) is 5.73 Å². The number of aliphatic carboxylic acids is 1. The zero-order chi connectivity index (χ0) is 13.0. The first-order valence-corrected chi connectivity index (χ1v) is 5.67. The van der Waals surface area contributed by atoms with E-state index in [0.717, 1.165) is 11.3 Å². The third-order valence-electron chi connectivity index (χ3n) is 1.81. The Balaban J connectivity index is 2.70. The number of carboxylic acid groups (broad SMARTS) is 1. The van der Waals surface area contributed by atoms with Crippen LogP contribution in [0.25, 0.3) is 0 Å². The summed E-state index contributed by atoms with van der Waals surface area (Å²) in [7, 11) is 0. The molecule has 0 saturated heterocycles. The summed E-state index contributed by atoms with van der Waals surface area (Å²) in [6.07, 6.45) is -0.458. The van der Waals surface area contributed by atoms with E-state index in [1.807, 2.05) is 0 Å². The maximum absolute atomic E-state index is 11.6. The lowest BCUT2D eigenvalue weighted by atomic mass is 10.2. The molecule has 4 N–H and O–H groups in total. The molecule has 1 atom stereocenters. The summed E-state index contributed by atoms with van der Waals surface area (Å²) in [6, 6.07) is 1.65. The molecule has 0 unspecified atom stereocenters. The van der Waals surface area contributed by atoms with Crippen LogP contribution in [0.2, 0.25) is 4.34 Å². The van der Waals surface area contributed by atoms with Crippen LogP contribution in [0.1, 0.15) is 16.1 Å². The molecule has 0 aliphatic carbocycles. The van der Waals surface area contributed by atoms with Crippen LogP contribution < -0.4 is 11.1 Å². The number of amides is 2. The second-order valence-electron chi connectivity index (χ2n) is 3.14. The average Bonchev–Trinajstić information content (AvgIpc) is 2.63. The molecule has 2 amide bonds. The van der Waals surface area contributed by atoms with Gasteiger partial charge in [-0.3, -0.25) is 9.59 Å². The van der Waals surface area contributed by atoms with Gasteiger partial charge in [-0.25, -0.2) is 4.79 Å². The number of carboxylic acids is 1. The van der Waals surface area contributed by atoms with Gasteiger partial charge < -0.3 is 16.2 Å². The highest BCUT2D eigenvalue weighted by Crippen LogP contribution is 2.21. The largest absolute Gasteiger partial charge is 0.480 e. The number of hydrogen-bond acceptors (Lipinski definition) is 4. The number of hydrogen-bond donors (Lipinski definition) is 3. The highest BCUT2D eigenvalue weighted by Gasteiger charge is 2.23. The van der Waals surface area contributed by atoms with E-state index in [2.05, 4.69) is 5.32 Å². The molecule has 17 heavy (non-hydrogen) atoms. The van der Waals surface area contributed by atoms with Gasteiger partial charge in [-0.2, -0.15) is 0 Å². The number of rotatable bonds is 5. The van der Waals surface area contributed by atoms with E-state index in [-0.39, 0.29) is 4.88 Å². The van der Waals surface area contributed by atoms with Gasteiger partial charge >= 0.3 is 5.97 Å². The van der Waals surface area contributed by atoms with Gasteiger partial charge in [-0.05, 0) is 12.1 Å².